The maximum absolute atomic E-state index is 11.6. The van der Waals surface area contributed by atoms with Gasteiger partial charge >= 0.3 is 5.97 Å². The van der Waals surface area contributed by atoms with Crippen LogP contribution >= 0.6 is 0 Å². The Balaban J connectivity index is 2.11. The Hall–Kier alpha value is -1.77. The van der Waals surface area contributed by atoms with Crippen molar-refractivity contribution in [2.24, 2.45) is 0 Å². The van der Waals surface area contributed by atoms with Crippen LogP contribution in [0.5, 0.6) is 5.75 Å². The summed E-state index contributed by atoms with van der Waals surface area (Å²) in [5.41, 5.74) is 0.476. The van der Waals surface area contributed by atoms with Crippen molar-refractivity contribution in [1.29, 1.82) is 0 Å². The highest BCUT2D eigenvalue weighted by Gasteiger charge is 2.05. The summed E-state index contributed by atoms with van der Waals surface area (Å²) in [5, 5.41) is 9.12. The van der Waals surface area contributed by atoms with Crippen LogP contribution in [0.25, 0.3) is 0 Å². The highest BCUT2D eigenvalue weighted by molar-refractivity contribution is 5.89. The normalized spacial score (nSPS) is 10.8. The number of hydrogen-bond acceptors (Lipinski definition) is 3. The van der Waals surface area contributed by atoms with E-state index in [1.807, 2.05) is 0 Å². The number of benzene rings is 1. The molecule has 1 aromatic carbocycles. The van der Waals surface area contributed by atoms with Gasteiger partial charge in [0.2, 0.25) is 0 Å². The number of hydrogen-bond donors (Lipinski definition) is 1. The number of phenolic OH excluding ortho intramolecular Hbond substituents is 1. The SMILES string of the molecule is CC/C=C/CCCCCOC(=O)c1ccc(O)cc1. The monoisotopic (exact) mass is 262 g/mol. The quantitative estimate of drug-likeness (QED) is 0.436. The van der Waals surface area contributed by atoms with Crippen molar-refractivity contribution < 1.29 is 14.6 Å². The minimum atomic E-state index is -0.328. The van der Waals surface area contributed by atoms with Gasteiger partial charge in [-0.15, -0.1) is 0 Å². The summed E-state index contributed by atoms with van der Waals surface area (Å²) in [6, 6.07) is 6.09. The number of carbonyl (C=O) groups excluding carboxylic acids is 1. The lowest BCUT2D eigenvalue weighted by Gasteiger charge is -2.04. The van der Waals surface area contributed by atoms with E-state index in [1.54, 1.807) is 12.1 Å². The maximum Gasteiger partial charge on any atom is 0.338 e. The molecule has 0 bridgehead atoms. The fourth-order valence-electron chi connectivity index (χ4n) is 1.67. The van der Waals surface area contributed by atoms with Gasteiger partial charge in [-0.2, -0.15) is 0 Å². The summed E-state index contributed by atoms with van der Waals surface area (Å²) in [5.74, 6) is -0.178. The minimum Gasteiger partial charge on any atom is -0.508 e. The van der Waals surface area contributed by atoms with Crippen LogP contribution < -0.4 is 0 Å². The number of esters is 1. The van der Waals surface area contributed by atoms with Crippen LogP contribution in [0.4, 0.5) is 0 Å². The number of allylic oxidation sites excluding steroid dienone is 2. The first-order valence-electron chi connectivity index (χ1n) is 6.85. The van der Waals surface area contributed by atoms with E-state index in [4.69, 9.17) is 9.84 Å². The number of ether oxygens (including phenoxy) is 1. The zero-order valence-corrected chi connectivity index (χ0v) is 11.5. The Morgan fingerprint density at radius 2 is 1.89 bits per heavy atom. The average Bonchev–Trinajstić information content (AvgIpc) is 2.42. The van der Waals surface area contributed by atoms with Crippen LogP contribution in [0, 0.1) is 0 Å². The number of unbranched alkanes of at least 4 members (excludes halogenated alkanes) is 3. The summed E-state index contributed by atoms with van der Waals surface area (Å²) in [6.45, 7) is 2.58. The predicted octanol–water partition coefficient (Wildman–Crippen LogP) is 4.08. The van der Waals surface area contributed by atoms with Gasteiger partial charge in [-0.25, -0.2) is 4.79 Å². The van der Waals surface area contributed by atoms with Crippen LogP contribution in [0.2, 0.25) is 0 Å². The molecule has 19 heavy (non-hydrogen) atoms. The first kappa shape index (κ1) is 15.3. The third-order valence-electron chi connectivity index (χ3n) is 2.75. The van der Waals surface area contributed by atoms with Crippen molar-refractivity contribution in [3.63, 3.8) is 0 Å². The lowest BCUT2D eigenvalue weighted by molar-refractivity contribution is 0.0498. The molecule has 0 saturated heterocycles. The molecule has 0 amide bonds. The van der Waals surface area contributed by atoms with Crippen LogP contribution in [-0.4, -0.2) is 17.7 Å². The Morgan fingerprint density at radius 1 is 1.16 bits per heavy atom. The van der Waals surface area contributed by atoms with E-state index in [-0.39, 0.29) is 11.7 Å². The molecule has 1 N–H and O–H groups in total. The number of aromatic hydroxyl groups is 1. The molecule has 0 fully saturated rings. The molecular weight excluding hydrogens is 240 g/mol. The zero-order chi connectivity index (χ0) is 13.9. The van der Waals surface area contributed by atoms with Crippen LogP contribution in [-0.2, 0) is 4.74 Å². The van der Waals surface area contributed by atoms with E-state index in [1.165, 1.54) is 12.1 Å². The standard InChI is InChI=1S/C16H22O3/c1-2-3-4-5-6-7-8-13-19-16(18)14-9-11-15(17)12-10-14/h3-4,9-12,17H,2,5-8,13H2,1H3/b4-3+. The molecule has 0 aliphatic rings. The van der Waals surface area contributed by atoms with Gasteiger partial charge in [-0.1, -0.05) is 19.1 Å². The highest BCUT2D eigenvalue weighted by Crippen LogP contribution is 2.11. The molecule has 0 aliphatic heterocycles. The van der Waals surface area contributed by atoms with E-state index < -0.39 is 0 Å². The second kappa shape index (κ2) is 9.20. The number of phenols is 1. The molecule has 0 saturated carbocycles. The highest BCUT2D eigenvalue weighted by atomic mass is 16.5. The largest absolute Gasteiger partial charge is 0.508 e. The minimum absolute atomic E-state index is 0.150. The fraction of sp³-hybridized carbons (Fsp3) is 0.438. The summed E-state index contributed by atoms with van der Waals surface area (Å²) in [6.07, 6.45) is 9.64. The molecule has 0 spiro atoms. The molecular formula is C16H22O3. The smallest absolute Gasteiger partial charge is 0.338 e. The molecule has 0 radical (unpaired) electrons. The van der Waals surface area contributed by atoms with Crippen molar-refractivity contribution in [3.05, 3.63) is 42.0 Å². The lowest BCUT2D eigenvalue weighted by atomic mass is 10.2. The van der Waals surface area contributed by atoms with Gasteiger partial charge in [0.1, 0.15) is 5.75 Å². The van der Waals surface area contributed by atoms with Gasteiger partial charge in [0.05, 0.1) is 12.2 Å². The van der Waals surface area contributed by atoms with Crippen molar-refractivity contribution >= 4 is 5.97 Å². The predicted molar refractivity (Wildman–Crippen MR) is 76.3 cm³/mol. The zero-order valence-electron chi connectivity index (χ0n) is 11.5. The van der Waals surface area contributed by atoms with Gasteiger partial charge in [0.25, 0.3) is 0 Å². The van der Waals surface area contributed by atoms with Gasteiger partial charge in [-0.05, 0) is 56.4 Å². The van der Waals surface area contributed by atoms with Crippen LogP contribution in [0.15, 0.2) is 36.4 Å². The first-order valence-corrected chi connectivity index (χ1v) is 6.85. The summed E-state index contributed by atoms with van der Waals surface area (Å²) in [4.78, 5) is 11.6. The van der Waals surface area contributed by atoms with Crippen molar-refractivity contribution in [2.45, 2.75) is 39.0 Å². The lowest BCUT2D eigenvalue weighted by Crippen LogP contribution is -2.06. The van der Waals surface area contributed by atoms with Gasteiger partial charge in [0.15, 0.2) is 0 Å². The molecule has 104 valence electrons. The maximum atomic E-state index is 11.6. The molecule has 3 heteroatoms. The molecule has 0 heterocycles. The van der Waals surface area contributed by atoms with Crippen LogP contribution in [0.3, 0.4) is 0 Å². The van der Waals surface area contributed by atoms with E-state index in [0.29, 0.717) is 12.2 Å². The third kappa shape index (κ3) is 6.65. The molecule has 0 unspecified atom stereocenters. The summed E-state index contributed by atoms with van der Waals surface area (Å²) in [7, 11) is 0. The second-order valence-electron chi connectivity index (χ2n) is 4.41. The molecule has 1 aromatic rings. The fourth-order valence-corrected chi connectivity index (χ4v) is 1.67. The Morgan fingerprint density at radius 3 is 2.58 bits per heavy atom. The van der Waals surface area contributed by atoms with Crippen LogP contribution in [0.1, 0.15) is 49.4 Å². The second-order valence-corrected chi connectivity index (χ2v) is 4.41. The Kier molecular flexibility index (Phi) is 7.40. The molecule has 3 nitrogen and oxygen atoms in total. The molecule has 0 aliphatic carbocycles. The summed E-state index contributed by atoms with van der Waals surface area (Å²) >= 11 is 0. The molecule has 0 aromatic heterocycles. The third-order valence-corrected chi connectivity index (χ3v) is 2.75. The first-order chi connectivity index (χ1) is 9.24. The summed E-state index contributed by atoms with van der Waals surface area (Å²) < 4.78 is 5.16. The van der Waals surface area contributed by atoms with E-state index in [2.05, 4.69) is 19.1 Å². The van der Waals surface area contributed by atoms with Gasteiger partial charge in [0, 0.05) is 0 Å². The number of carbonyl (C=O) groups is 1. The topological polar surface area (TPSA) is 46.5 Å². The Labute approximate surface area is 114 Å². The van der Waals surface area contributed by atoms with Gasteiger partial charge in [-0.3, -0.25) is 0 Å². The van der Waals surface area contributed by atoms with Crippen molar-refractivity contribution in [2.75, 3.05) is 6.61 Å². The molecule has 1 rings (SSSR count). The van der Waals surface area contributed by atoms with Crippen molar-refractivity contribution in [1.82, 2.24) is 0 Å². The van der Waals surface area contributed by atoms with Crippen molar-refractivity contribution in [3.8, 4) is 5.75 Å². The van der Waals surface area contributed by atoms with E-state index in [0.717, 1.165) is 32.1 Å². The van der Waals surface area contributed by atoms with E-state index in [9.17, 15) is 4.79 Å². The van der Waals surface area contributed by atoms with E-state index >= 15 is 0 Å². The molecule has 0 atom stereocenters. The average molecular weight is 262 g/mol. The van der Waals surface area contributed by atoms with Gasteiger partial charge < -0.3 is 9.84 Å². The number of rotatable bonds is 8. The Bertz CT molecular complexity index is 393.